The summed E-state index contributed by atoms with van der Waals surface area (Å²) in [5, 5.41) is 10.8. The number of carboxylic acid groups (broad SMARTS) is 1. The molecule has 1 rings (SSSR count). The van der Waals surface area contributed by atoms with Crippen LogP contribution in [-0.2, 0) is 9.63 Å². The molecule has 1 heterocycles. The van der Waals surface area contributed by atoms with E-state index in [-0.39, 0.29) is 6.54 Å². The normalized spacial score (nSPS) is 14.0. The van der Waals surface area contributed by atoms with E-state index in [2.05, 4.69) is 24.4 Å². The summed E-state index contributed by atoms with van der Waals surface area (Å²) in [6, 6.07) is 3.08. The van der Waals surface area contributed by atoms with Crippen LogP contribution in [-0.4, -0.2) is 60.5 Å². The quantitative estimate of drug-likeness (QED) is 0.177. The number of carboxylic acids is 1. The van der Waals surface area contributed by atoms with Crippen LogP contribution in [0.25, 0.3) is 0 Å². The first-order chi connectivity index (χ1) is 13.6. The van der Waals surface area contributed by atoms with Crippen LogP contribution in [0.5, 0.6) is 0 Å². The highest BCUT2D eigenvalue weighted by atomic mass is 16.6. The highest BCUT2D eigenvalue weighted by Crippen LogP contribution is 2.10. The summed E-state index contributed by atoms with van der Waals surface area (Å²) >= 11 is 0. The van der Waals surface area contributed by atoms with Crippen LogP contribution in [0.15, 0.2) is 0 Å². The van der Waals surface area contributed by atoms with Crippen LogP contribution in [0.1, 0.15) is 78.1 Å². The fourth-order valence-corrected chi connectivity index (χ4v) is 3.21. The lowest BCUT2D eigenvalue weighted by molar-refractivity contribution is -0.526. The van der Waals surface area contributed by atoms with Gasteiger partial charge in [0.1, 0.15) is 5.97 Å². The minimum Gasteiger partial charge on any atom is -0.544 e. The summed E-state index contributed by atoms with van der Waals surface area (Å²) in [4.78, 5) is 18.3. The number of rotatable bonds is 17. The van der Waals surface area contributed by atoms with E-state index in [9.17, 15) is 9.90 Å². The molecule has 0 spiro atoms. The van der Waals surface area contributed by atoms with E-state index in [1.54, 1.807) is 4.58 Å². The first-order valence-electron chi connectivity index (χ1n) is 11.0. The Balaban J connectivity index is 1.93. The number of carbonyl (C=O) groups is 1. The van der Waals surface area contributed by atoms with Gasteiger partial charge in [-0.25, -0.2) is 10.1 Å². The molecule has 0 bridgehead atoms. The van der Waals surface area contributed by atoms with Crippen molar-refractivity contribution in [1.29, 1.82) is 0 Å². The third-order valence-corrected chi connectivity index (χ3v) is 5.01. The van der Waals surface area contributed by atoms with Gasteiger partial charge in [0.05, 0.1) is 13.2 Å². The molecule has 1 N–H and O–H groups in total. The number of hydroxylamine groups is 1. The Labute approximate surface area is 171 Å². The van der Waals surface area contributed by atoms with Crippen molar-refractivity contribution in [2.24, 2.45) is 0 Å². The highest BCUT2D eigenvalue weighted by Gasteiger charge is 2.14. The average molecular weight is 394 g/mol. The molecule has 0 saturated carbocycles. The summed E-state index contributed by atoms with van der Waals surface area (Å²) in [7, 11) is 0. The summed E-state index contributed by atoms with van der Waals surface area (Å²) in [5.41, 5.74) is 3.78. The molecule has 1 aliphatic heterocycles. The van der Waals surface area contributed by atoms with Gasteiger partial charge in [-0.2, -0.15) is 0 Å². The van der Waals surface area contributed by atoms with E-state index in [4.69, 9.17) is 4.84 Å². The lowest BCUT2D eigenvalue weighted by Crippen LogP contribution is -2.38. The average Bonchev–Trinajstić information content (AvgIpc) is 2.84. The Morgan fingerprint density at radius 1 is 1.14 bits per heavy atom. The Morgan fingerprint density at radius 3 is 2.43 bits per heavy atom. The number of hydrogen-bond donors (Lipinski definition) is 1. The van der Waals surface area contributed by atoms with Crippen molar-refractivity contribution in [2.45, 2.75) is 78.1 Å². The number of nitrogens with zero attached hydrogens (tertiary/aromatic N) is 2. The van der Waals surface area contributed by atoms with Gasteiger partial charge < -0.3 is 19.6 Å². The molecule has 0 amide bonds. The molecule has 0 aromatic rings. The summed E-state index contributed by atoms with van der Waals surface area (Å²) in [6.07, 6.45) is 13.2. The second kappa shape index (κ2) is 16.4. The van der Waals surface area contributed by atoms with Crippen LogP contribution in [0.4, 0.5) is 0 Å². The SMILES string of the molecule is CCCCCCCCCCCCONCCN1C#CC(C)=[N+](CC(=O)[O-])CC1. The maximum absolute atomic E-state index is 10.8. The van der Waals surface area contributed by atoms with E-state index >= 15 is 0 Å². The monoisotopic (exact) mass is 393 g/mol. The van der Waals surface area contributed by atoms with Crippen LogP contribution in [0.2, 0.25) is 0 Å². The van der Waals surface area contributed by atoms with Gasteiger partial charge in [0.15, 0.2) is 13.1 Å². The van der Waals surface area contributed by atoms with Gasteiger partial charge >= 0.3 is 0 Å². The lowest BCUT2D eigenvalue weighted by Gasteiger charge is -2.15. The molecule has 0 unspecified atom stereocenters. The Morgan fingerprint density at radius 2 is 1.79 bits per heavy atom. The second-order valence-electron chi connectivity index (χ2n) is 7.53. The van der Waals surface area contributed by atoms with Gasteiger partial charge in [-0.3, -0.25) is 0 Å². The lowest BCUT2D eigenvalue weighted by atomic mass is 10.1. The minimum atomic E-state index is -1.07. The Kier molecular flexibility index (Phi) is 14.3. The van der Waals surface area contributed by atoms with Crippen molar-refractivity contribution < 1.29 is 19.3 Å². The zero-order valence-electron chi connectivity index (χ0n) is 17.9. The topological polar surface area (TPSA) is 67.6 Å². The minimum absolute atomic E-state index is 0.103. The van der Waals surface area contributed by atoms with Crippen molar-refractivity contribution >= 4 is 11.7 Å². The molecule has 6 heteroatoms. The van der Waals surface area contributed by atoms with Crippen LogP contribution >= 0.6 is 0 Å². The summed E-state index contributed by atoms with van der Waals surface area (Å²) in [6.45, 7) is 7.52. The molecule has 6 nitrogen and oxygen atoms in total. The number of carbonyl (C=O) groups excluding carboxylic acids is 1. The zero-order valence-corrected chi connectivity index (χ0v) is 17.9. The van der Waals surface area contributed by atoms with Crippen LogP contribution in [0, 0.1) is 12.0 Å². The number of nitrogens with one attached hydrogen (secondary N) is 1. The molecule has 1 aliphatic rings. The fourth-order valence-electron chi connectivity index (χ4n) is 3.21. The standard InChI is InChI=1S/C22H39N3O3/c1-3-4-5-6-7-8-9-10-11-12-19-28-23-14-16-24-15-13-21(2)25(18-17-24)20-22(26)27/h23H,3-12,14,16-20H2,1-2H3. The van der Waals surface area contributed by atoms with Crippen LogP contribution in [0.3, 0.4) is 0 Å². The van der Waals surface area contributed by atoms with E-state index < -0.39 is 5.97 Å². The third kappa shape index (κ3) is 12.7. The third-order valence-electron chi connectivity index (χ3n) is 5.01. The van der Waals surface area contributed by atoms with Crippen molar-refractivity contribution in [3.63, 3.8) is 0 Å². The van der Waals surface area contributed by atoms with E-state index in [1.807, 2.05) is 11.8 Å². The van der Waals surface area contributed by atoms with Crippen molar-refractivity contribution in [3.8, 4) is 12.0 Å². The van der Waals surface area contributed by atoms with Crippen molar-refractivity contribution in [1.82, 2.24) is 10.4 Å². The molecule has 0 aromatic carbocycles. The first kappa shape index (κ1) is 24.5. The maximum atomic E-state index is 10.8. The molecular weight excluding hydrogens is 354 g/mol. The molecule has 0 fully saturated rings. The van der Waals surface area contributed by atoms with Crippen LogP contribution < -0.4 is 10.6 Å². The fraction of sp³-hybridized carbons (Fsp3) is 0.818. The van der Waals surface area contributed by atoms with Gasteiger partial charge in [0.2, 0.25) is 5.71 Å². The van der Waals surface area contributed by atoms with Crippen molar-refractivity contribution in [3.05, 3.63) is 0 Å². The smallest absolute Gasteiger partial charge is 0.226 e. The molecule has 0 radical (unpaired) electrons. The molecular formula is C22H39N3O3. The van der Waals surface area contributed by atoms with E-state index in [0.717, 1.165) is 25.3 Å². The molecule has 28 heavy (non-hydrogen) atoms. The summed E-state index contributed by atoms with van der Waals surface area (Å²) < 4.78 is 1.75. The second-order valence-corrected chi connectivity index (χ2v) is 7.53. The molecule has 0 saturated heterocycles. The van der Waals surface area contributed by atoms with Gasteiger partial charge in [0.25, 0.3) is 0 Å². The molecule has 160 valence electrons. The van der Waals surface area contributed by atoms with Gasteiger partial charge in [0, 0.05) is 32.0 Å². The van der Waals surface area contributed by atoms with Gasteiger partial charge in [-0.15, -0.1) is 0 Å². The van der Waals surface area contributed by atoms with E-state index in [1.165, 1.54) is 57.8 Å². The van der Waals surface area contributed by atoms with Gasteiger partial charge in [-0.1, -0.05) is 64.7 Å². The van der Waals surface area contributed by atoms with Crippen molar-refractivity contribution in [2.75, 3.05) is 39.3 Å². The molecule has 0 atom stereocenters. The maximum Gasteiger partial charge on any atom is 0.226 e. The number of hydrogen-bond acceptors (Lipinski definition) is 5. The Bertz CT molecular complexity index is 523. The van der Waals surface area contributed by atoms with E-state index in [0.29, 0.717) is 19.6 Å². The predicted octanol–water partition coefficient (Wildman–Crippen LogP) is 1.93. The highest BCUT2D eigenvalue weighted by molar-refractivity contribution is 5.94. The first-order valence-corrected chi connectivity index (χ1v) is 11.0. The summed E-state index contributed by atoms with van der Waals surface area (Å²) in [5.74, 6) is 1.94. The van der Waals surface area contributed by atoms with Gasteiger partial charge in [-0.05, 0) is 6.42 Å². The number of aliphatic carboxylic acids is 1. The predicted molar refractivity (Wildman–Crippen MR) is 111 cm³/mol. The number of unbranched alkanes of at least 4 members (excludes halogenated alkanes) is 9. The molecule has 0 aromatic heterocycles. The molecule has 0 aliphatic carbocycles. The zero-order chi connectivity index (χ0) is 20.5. The Hall–Kier alpha value is -1.58. The largest absolute Gasteiger partial charge is 0.544 e.